The number of ether oxygens (including phenoxy) is 1. The van der Waals surface area contributed by atoms with Gasteiger partial charge in [0.25, 0.3) is 5.91 Å². The Labute approximate surface area is 149 Å². The van der Waals surface area contributed by atoms with Crippen LogP contribution in [-0.4, -0.2) is 59.2 Å². The number of carbonyl (C=O) groups excluding carboxylic acids is 1. The third kappa shape index (κ3) is 3.54. The lowest BCUT2D eigenvalue weighted by molar-refractivity contribution is -0.151. The number of nitrogens with zero attached hydrogens (tertiary/aromatic N) is 4. The van der Waals surface area contributed by atoms with Crippen molar-refractivity contribution in [1.29, 1.82) is 0 Å². The first-order chi connectivity index (χ1) is 11.9. The molecule has 0 spiro atoms. The number of carbonyl (C=O) groups is 1. The fraction of sp³-hybridized carbons (Fsp3) is 0.474. The molecule has 1 aromatic heterocycles. The fourth-order valence-electron chi connectivity index (χ4n) is 3.01. The second-order valence-corrected chi connectivity index (χ2v) is 6.93. The molecule has 3 rings (SSSR count). The number of hydrogen-bond acceptors (Lipinski definition) is 4. The van der Waals surface area contributed by atoms with E-state index in [4.69, 9.17) is 4.74 Å². The van der Waals surface area contributed by atoms with Crippen molar-refractivity contribution < 1.29 is 9.53 Å². The lowest BCUT2D eigenvalue weighted by Crippen LogP contribution is -2.55. The highest BCUT2D eigenvalue weighted by Crippen LogP contribution is 2.21. The van der Waals surface area contributed by atoms with Gasteiger partial charge < -0.3 is 14.5 Å². The SMILES string of the molecule is COC(C)(C)C(=O)N1CCN(c2nccn2-c2ccc(C)cc2)CC1. The molecule has 1 saturated heterocycles. The summed E-state index contributed by atoms with van der Waals surface area (Å²) in [6, 6.07) is 8.40. The summed E-state index contributed by atoms with van der Waals surface area (Å²) >= 11 is 0. The van der Waals surface area contributed by atoms with E-state index in [0.717, 1.165) is 24.7 Å². The molecule has 0 N–H and O–H groups in total. The maximum Gasteiger partial charge on any atom is 0.254 e. The molecule has 1 aliphatic heterocycles. The zero-order valence-corrected chi connectivity index (χ0v) is 15.4. The standard InChI is InChI=1S/C19H26N4O2/c1-15-5-7-16(8-6-15)23-10-9-20-18(23)22-13-11-21(12-14-22)17(24)19(2,3)25-4/h5-10H,11-14H2,1-4H3. The van der Waals surface area contributed by atoms with Crippen LogP contribution >= 0.6 is 0 Å². The quantitative estimate of drug-likeness (QED) is 0.855. The van der Waals surface area contributed by atoms with Crippen molar-refractivity contribution in [3.05, 3.63) is 42.2 Å². The molecule has 6 heteroatoms. The fourth-order valence-corrected chi connectivity index (χ4v) is 3.01. The van der Waals surface area contributed by atoms with Gasteiger partial charge in [0.05, 0.1) is 0 Å². The summed E-state index contributed by atoms with van der Waals surface area (Å²) < 4.78 is 7.41. The van der Waals surface area contributed by atoms with E-state index in [9.17, 15) is 4.79 Å². The number of aromatic nitrogens is 2. The van der Waals surface area contributed by atoms with Gasteiger partial charge in [0, 0.05) is 51.4 Å². The molecule has 0 atom stereocenters. The summed E-state index contributed by atoms with van der Waals surface area (Å²) in [6.07, 6.45) is 3.80. The summed E-state index contributed by atoms with van der Waals surface area (Å²) in [7, 11) is 1.58. The smallest absolute Gasteiger partial charge is 0.254 e. The lowest BCUT2D eigenvalue weighted by Gasteiger charge is -2.38. The van der Waals surface area contributed by atoms with Crippen molar-refractivity contribution in [3.63, 3.8) is 0 Å². The zero-order valence-electron chi connectivity index (χ0n) is 15.4. The molecule has 2 aromatic rings. The highest BCUT2D eigenvalue weighted by Gasteiger charge is 2.34. The number of aryl methyl sites for hydroxylation is 1. The van der Waals surface area contributed by atoms with Crippen molar-refractivity contribution in [2.45, 2.75) is 26.4 Å². The zero-order chi connectivity index (χ0) is 18.0. The van der Waals surface area contributed by atoms with E-state index >= 15 is 0 Å². The number of methoxy groups -OCH3 is 1. The Bertz CT molecular complexity index is 728. The Morgan fingerprint density at radius 1 is 1.12 bits per heavy atom. The Hall–Kier alpha value is -2.34. The number of amides is 1. The topological polar surface area (TPSA) is 50.6 Å². The Morgan fingerprint density at radius 2 is 1.76 bits per heavy atom. The predicted octanol–water partition coefficient (Wildman–Crippen LogP) is 2.25. The molecule has 6 nitrogen and oxygen atoms in total. The van der Waals surface area contributed by atoms with Crippen molar-refractivity contribution in [1.82, 2.24) is 14.5 Å². The van der Waals surface area contributed by atoms with E-state index < -0.39 is 5.60 Å². The van der Waals surface area contributed by atoms with Crippen LogP contribution in [0, 0.1) is 6.92 Å². The van der Waals surface area contributed by atoms with Crippen molar-refractivity contribution in [2.75, 3.05) is 38.2 Å². The third-order valence-electron chi connectivity index (χ3n) is 4.81. The van der Waals surface area contributed by atoms with Crippen molar-refractivity contribution in [2.24, 2.45) is 0 Å². The van der Waals surface area contributed by atoms with E-state index in [1.807, 2.05) is 31.1 Å². The highest BCUT2D eigenvalue weighted by molar-refractivity contribution is 5.84. The van der Waals surface area contributed by atoms with E-state index in [1.165, 1.54) is 5.56 Å². The first kappa shape index (κ1) is 17.5. The molecular formula is C19H26N4O2. The maximum absolute atomic E-state index is 12.5. The average molecular weight is 342 g/mol. The minimum Gasteiger partial charge on any atom is -0.369 e. The lowest BCUT2D eigenvalue weighted by atomic mass is 10.1. The number of imidazole rings is 1. The number of hydrogen-bond donors (Lipinski definition) is 0. The molecule has 0 bridgehead atoms. The van der Waals surface area contributed by atoms with Gasteiger partial charge in [0.15, 0.2) is 0 Å². The minimum atomic E-state index is -0.775. The van der Waals surface area contributed by atoms with E-state index in [2.05, 4.69) is 45.6 Å². The Balaban J connectivity index is 1.71. The molecule has 25 heavy (non-hydrogen) atoms. The monoisotopic (exact) mass is 342 g/mol. The van der Waals surface area contributed by atoms with Crippen LogP contribution in [0.25, 0.3) is 5.69 Å². The summed E-state index contributed by atoms with van der Waals surface area (Å²) in [5, 5.41) is 0. The number of benzene rings is 1. The predicted molar refractivity (Wildman–Crippen MR) is 98.2 cm³/mol. The van der Waals surface area contributed by atoms with Crippen LogP contribution in [0.3, 0.4) is 0 Å². The first-order valence-corrected chi connectivity index (χ1v) is 8.62. The van der Waals surface area contributed by atoms with Crippen LogP contribution in [0.15, 0.2) is 36.7 Å². The van der Waals surface area contributed by atoms with Crippen molar-refractivity contribution in [3.8, 4) is 5.69 Å². The van der Waals surface area contributed by atoms with Crippen LogP contribution in [0.1, 0.15) is 19.4 Å². The molecule has 0 unspecified atom stereocenters. The number of piperazine rings is 1. The van der Waals surface area contributed by atoms with Gasteiger partial charge in [0.2, 0.25) is 5.95 Å². The van der Waals surface area contributed by atoms with Gasteiger partial charge in [-0.2, -0.15) is 0 Å². The van der Waals surface area contributed by atoms with Crippen LogP contribution in [-0.2, 0) is 9.53 Å². The Morgan fingerprint density at radius 3 is 2.36 bits per heavy atom. The van der Waals surface area contributed by atoms with Gasteiger partial charge in [-0.15, -0.1) is 0 Å². The van der Waals surface area contributed by atoms with Gasteiger partial charge in [-0.3, -0.25) is 9.36 Å². The minimum absolute atomic E-state index is 0.0385. The van der Waals surface area contributed by atoms with Gasteiger partial charge in [0.1, 0.15) is 5.60 Å². The summed E-state index contributed by atoms with van der Waals surface area (Å²) in [6.45, 7) is 8.57. The second-order valence-electron chi connectivity index (χ2n) is 6.93. The van der Waals surface area contributed by atoms with Crippen LogP contribution in [0.2, 0.25) is 0 Å². The van der Waals surface area contributed by atoms with Crippen LogP contribution < -0.4 is 4.90 Å². The molecule has 0 radical (unpaired) electrons. The largest absolute Gasteiger partial charge is 0.369 e. The maximum atomic E-state index is 12.5. The molecule has 134 valence electrons. The van der Waals surface area contributed by atoms with Gasteiger partial charge in [-0.1, -0.05) is 17.7 Å². The average Bonchev–Trinajstić information content (AvgIpc) is 3.11. The summed E-state index contributed by atoms with van der Waals surface area (Å²) in [4.78, 5) is 21.2. The van der Waals surface area contributed by atoms with Crippen molar-refractivity contribution >= 4 is 11.9 Å². The third-order valence-corrected chi connectivity index (χ3v) is 4.81. The van der Waals surface area contributed by atoms with Gasteiger partial charge in [-0.25, -0.2) is 4.98 Å². The molecule has 0 aliphatic carbocycles. The van der Waals surface area contributed by atoms with E-state index in [1.54, 1.807) is 7.11 Å². The first-order valence-electron chi connectivity index (χ1n) is 8.62. The second kappa shape index (κ2) is 6.88. The normalized spacial score (nSPS) is 15.5. The highest BCUT2D eigenvalue weighted by atomic mass is 16.5. The molecule has 1 fully saturated rings. The van der Waals surface area contributed by atoms with Crippen LogP contribution in [0.5, 0.6) is 0 Å². The number of anilines is 1. The molecule has 0 saturated carbocycles. The van der Waals surface area contributed by atoms with E-state index in [-0.39, 0.29) is 5.91 Å². The van der Waals surface area contributed by atoms with Gasteiger partial charge in [-0.05, 0) is 32.9 Å². The number of rotatable bonds is 4. The molecule has 1 amide bonds. The summed E-state index contributed by atoms with van der Waals surface area (Å²) in [5.41, 5.74) is 1.55. The van der Waals surface area contributed by atoms with Crippen LogP contribution in [0.4, 0.5) is 5.95 Å². The van der Waals surface area contributed by atoms with Gasteiger partial charge >= 0.3 is 0 Å². The molecule has 1 aromatic carbocycles. The Kier molecular flexibility index (Phi) is 4.81. The summed E-state index contributed by atoms with van der Waals surface area (Å²) in [5.74, 6) is 0.957. The molecule has 1 aliphatic rings. The molecular weight excluding hydrogens is 316 g/mol. The van der Waals surface area contributed by atoms with E-state index in [0.29, 0.717) is 13.1 Å². The molecule has 2 heterocycles.